The Kier molecular flexibility index (Phi) is 3.49. The molecule has 0 aromatic carbocycles. The largest absolute Gasteiger partial charge is 0.389 e. The molecule has 0 bridgehead atoms. The lowest BCUT2D eigenvalue weighted by atomic mass is 9.62. The van der Waals surface area contributed by atoms with Crippen molar-refractivity contribution in [2.24, 2.45) is 18.4 Å². The third kappa shape index (κ3) is 2.74. The highest BCUT2D eigenvalue weighted by molar-refractivity contribution is 5.05. The molecule has 1 aliphatic carbocycles. The van der Waals surface area contributed by atoms with Crippen LogP contribution in [0.15, 0.2) is 6.20 Å². The van der Waals surface area contributed by atoms with Gasteiger partial charge in [-0.3, -0.25) is 4.68 Å². The zero-order valence-electron chi connectivity index (χ0n) is 12.0. The van der Waals surface area contributed by atoms with Crippen molar-refractivity contribution in [3.8, 4) is 0 Å². The SMILES string of the molecule is Cn1cc(CC2(O)CCCCC2C(C)(C)C)nn1. The van der Waals surface area contributed by atoms with Gasteiger partial charge in [-0.2, -0.15) is 0 Å². The lowest BCUT2D eigenvalue weighted by molar-refractivity contribution is -0.0894. The fourth-order valence-electron chi connectivity index (χ4n) is 3.46. The van der Waals surface area contributed by atoms with E-state index >= 15 is 0 Å². The molecule has 1 aromatic rings. The molecule has 1 N–H and O–H groups in total. The first-order valence-corrected chi connectivity index (χ1v) is 6.89. The van der Waals surface area contributed by atoms with E-state index in [-0.39, 0.29) is 5.41 Å². The number of rotatable bonds is 2. The van der Waals surface area contributed by atoms with Crippen molar-refractivity contribution in [2.75, 3.05) is 0 Å². The summed E-state index contributed by atoms with van der Waals surface area (Å²) in [5.41, 5.74) is 0.417. The Labute approximate surface area is 109 Å². The Morgan fingerprint density at radius 3 is 2.72 bits per heavy atom. The van der Waals surface area contributed by atoms with E-state index in [1.165, 1.54) is 6.42 Å². The predicted octanol–water partition coefficient (Wildman–Crippen LogP) is 2.33. The van der Waals surface area contributed by atoms with Crippen molar-refractivity contribution in [2.45, 2.75) is 58.5 Å². The third-order valence-electron chi connectivity index (χ3n) is 4.18. The minimum Gasteiger partial charge on any atom is -0.389 e. The van der Waals surface area contributed by atoms with Crippen molar-refractivity contribution in [3.63, 3.8) is 0 Å². The van der Waals surface area contributed by atoms with Gasteiger partial charge in [0.05, 0.1) is 11.3 Å². The predicted molar refractivity (Wildman–Crippen MR) is 71.1 cm³/mol. The Balaban J connectivity index is 2.20. The van der Waals surface area contributed by atoms with E-state index in [0.717, 1.165) is 25.0 Å². The summed E-state index contributed by atoms with van der Waals surface area (Å²) in [5.74, 6) is 0.334. The molecule has 1 fully saturated rings. The summed E-state index contributed by atoms with van der Waals surface area (Å²) < 4.78 is 1.70. The summed E-state index contributed by atoms with van der Waals surface area (Å²) >= 11 is 0. The number of hydrogen-bond donors (Lipinski definition) is 1. The lowest BCUT2D eigenvalue weighted by Gasteiger charge is -2.46. The molecule has 0 amide bonds. The van der Waals surface area contributed by atoms with E-state index in [4.69, 9.17) is 0 Å². The van der Waals surface area contributed by atoms with Gasteiger partial charge in [-0.25, -0.2) is 0 Å². The monoisotopic (exact) mass is 251 g/mol. The van der Waals surface area contributed by atoms with Gasteiger partial charge in [0.15, 0.2) is 0 Å². The summed E-state index contributed by atoms with van der Waals surface area (Å²) in [6.45, 7) is 6.68. The van der Waals surface area contributed by atoms with Gasteiger partial charge in [0.25, 0.3) is 0 Å². The second kappa shape index (κ2) is 4.65. The lowest BCUT2D eigenvalue weighted by Crippen LogP contribution is -2.48. The molecule has 1 heterocycles. The Morgan fingerprint density at radius 1 is 1.44 bits per heavy atom. The highest BCUT2D eigenvalue weighted by Gasteiger charge is 2.45. The molecule has 102 valence electrons. The van der Waals surface area contributed by atoms with Crippen LogP contribution in [0.4, 0.5) is 0 Å². The Hall–Kier alpha value is -0.900. The van der Waals surface area contributed by atoms with Crippen molar-refractivity contribution in [1.82, 2.24) is 15.0 Å². The van der Waals surface area contributed by atoms with Crippen molar-refractivity contribution in [1.29, 1.82) is 0 Å². The first kappa shape index (κ1) is 13.5. The van der Waals surface area contributed by atoms with E-state index < -0.39 is 5.60 Å². The number of aromatic nitrogens is 3. The highest BCUT2D eigenvalue weighted by Crippen LogP contribution is 2.45. The first-order chi connectivity index (χ1) is 8.31. The van der Waals surface area contributed by atoms with E-state index in [2.05, 4.69) is 31.1 Å². The second-order valence-electron chi connectivity index (χ2n) is 6.83. The van der Waals surface area contributed by atoms with Crippen LogP contribution in [0.5, 0.6) is 0 Å². The van der Waals surface area contributed by atoms with Gasteiger partial charge in [-0.1, -0.05) is 38.8 Å². The molecule has 1 aliphatic rings. The molecule has 4 nitrogen and oxygen atoms in total. The van der Waals surface area contributed by atoms with Crippen LogP contribution in [0, 0.1) is 11.3 Å². The summed E-state index contributed by atoms with van der Waals surface area (Å²) in [4.78, 5) is 0. The second-order valence-corrected chi connectivity index (χ2v) is 6.83. The van der Waals surface area contributed by atoms with Crippen LogP contribution in [0.2, 0.25) is 0 Å². The van der Waals surface area contributed by atoms with Crippen LogP contribution in [0.1, 0.15) is 52.1 Å². The standard InChI is InChI=1S/C14H25N3O/c1-13(2,3)12-7-5-6-8-14(12,18)9-11-10-17(4)16-15-11/h10,12,18H,5-9H2,1-4H3. The van der Waals surface area contributed by atoms with Gasteiger partial charge in [0.2, 0.25) is 0 Å². The maximum atomic E-state index is 11.1. The maximum Gasteiger partial charge on any atom is 0.0855 e. The molecule has 2 rings (SSSR count). The molecule has 18 heavy (non-hydrogen) atoms. The molecule has 0 saturated heterocycles. The van der Waals surface area contributed by atoms with Crippen LogP contribution >= 0.6 is 0 Å². The molecule has 1 aromatic heterocycles. The normalized spacial score (nSPS) is 29.5. The van der Waals surface area contributed by atoms with Crippen LogP contribution in [-0.4, -0.2) is 25.7 Å². The van der Waals surface area contributed by atoms with Gasteiger partial charge in [0.1, 0.15) is 0 Å². The molecule has 2 unspecified atom stereocenters. The first-order valence-electron chi connectivity index (χ1n) is 6.89. The van der Waals surface area contributed by atoms with Gasteiger partial charge in [-0.15, -0.1) is 5.10 Å². The average molecular weight is 251 g/mol. The average Bonchev–Trinajstić information content (AvgIpc) is 2.62. The number of aryl methyl sites for hydroxylation is 1. The van der Waals surface area contributed by atoms with Crippen molar-refractivity contribution >= 4 is 0 Å². The molecular formula is C14H25N3O. The van der Waals surface area contributed by atoms with Gasteiger partial charge < -0.3 is 5.11 Å². The van der Waals surface area contributed by atoms with E-state index in [1.807, 2.05) is 13.2 Å². The van der Waals surface area contributed by atoms with Crippen LogP contribution in [0.3, 0.4) is 0 Å². The zero-order valence-corrected chi connectivity index (χ0v) is 12.0. The molecule has 4 heteroatoms. The topological polar surface area (TPSA) is 50.9 Å². The van der Waals surface area contributed by atoms with E-state index in [0.29, 0.717) is 12.3 Å². The van der Waals surface area contributed by atoms with Crippen molar-refractivity contribution < 1.29 is 5.11 Å². The summed E-state index contributed by atoms with van der Waals surface area (Å²) in [6.07, 6.45) is 6.87. The molecule has 0 aliphatic heterocycles. The quantitative estimate of drug-likeness (QED) is 0.877. The molecular weight excluding hydrogens is 226 g/mol. The van der Waals surface area contributed by atoms with Gasteiger partial charge in [-0.05, 0) is 24.2 Å². The van der Waals surface area contributed by atoms with Crippen LogP contribution < -0.4 is 0 Å². The summed E-state index contributed by atoms with van der Waals surface area (Å²) in [7, 11) is 1.86. The fourth-order valence-corrected chi connectivity index (χ4v) is 3.46. The number of hydrogen-bond acceptors (Lipinski definition) is 3. The van der Waals surface area contributed by atoms with Crippen LogP contribution in [-0.2, 0) is 13.5 Å². The van der Waals surface area contributed by atoms with Gasteiger partial charge >= 0.3 is 0 Å². The Morgan fingerprint density at radius 2 is 2.17 bits per heavy atom. The van der Waals surface area contributed by atoms with E-state index in [1.54, 1.807) is 4.68 Å². The summed E-state index contributed by atoms with van der Waals surface area (Å²) in [6, 6.07) is 0. The molecule has 1 saturated carbocycles. The fraction of sp³-hybridized carbons (Fsp3) is 0.857. The number of aliphatic hydroxyl groups is 1. The van der Waals surface area contributed by atoms with Gasteiger partial charge in [0, 0.05) is 19.7 Å². The Bertz CT molecular complexity index is 407. The maximum absolute atomic E-state index is 11.1. The number of nitrogens with zero attached hydrogens (tertiary/aromatic N) is 3. The third-order valence-corrected chi connectivity index (χ3v) is 4.18. The minimum atomic E-state index is -0.619. The van der Waals surface area contributed by atoms with E-state index in [9.17, 15) is 5.11 Å². The summed E-state index contributed by atoms with van der Waals surface area (Å²) in [5, 5.41) is 19.1. The van der Waals surface area contributed by atoms with Crippen molar-refractivity contribution in [3.05, 3.63) is 11.9 Å². The van der Waals surface area contributed by atoms with Crippen LogP contribution in [0.25, 0.3) is 0 Å². The molecule has 2 atom stereocenters. The zero-order chi connectivity index (χ0) is 13.4. The minimum absolute atomic E-state index is 0.136. The highest BCUT2D eigenvalue weighted by atomic mass is 16.3. The molecule has 0 spiro atoms. The molecule has 0 radical (unpaired) electrons. The smallest absolute Gasteiger partial charge is 0.0855 e.